The van der Waals surface area contributed by atoms with Crippen molar-refractivity contribution in [1.29, 1.82) is 0 Å². The molecule has 0 aliphatic carbocycles. The van der Waals surface area contributed by atoms with Gasteiger partial charge in [-0.1, -0.05) is 24.3 Å². The Morgan fingerprint density at radius 2 is 1.75 bits per heavy atom. The molecule has 3 aliphatic rings. The molecule has 1 aromatic heterocycles. The summed E-state index contributed by atoms with van der Waals surface area (Å²) < 4.78 is 0. The highest BCUT2D eigenvalue weighted by Crippen LogP contribution is 2.31. The van der Waals surface area contributed by atoms with E-state index in [1.54, 1.807) is 6.20 Å². The smallest absolute Gasteiger partial charge is 0.257 e. The maximum atomic E-state index is 12.8. The van der Waals surface area contributed by atoms with Crippen LogP contribution in [0.2, 0.25) is 0 Å². The maximum Gasteiger partial charge on any atom is 0.257 e. The highest BCUT2D eigenvalue weighted by atomic mass is 16.1. The highest BCUT2D eigenvalue weighted by molar-refractivity contribution is 6.11. The number of likely N-dealkylation sites (tertiary alicyclic amines) is 2. The van der Waals surface area contributed by atoms with Crippen molar-refractivity contribution in [3.63, 3.8) is 0 Å². The van der Waals surface area contributed by atoms with Crippen molar-refractivity contribution >= 4 is 22.5 Å². The van der Waals surface area contributed by atoms with E-state index in [4.69, 9.17) is 0 Å². The molecule has 3 aromatic rings. The normalized spacial score (nSPS) is 21.4. The van der Waals surface area contributed by atoms with Crippen LogP contribution < -0.4 is 10.6 Å². The number of H-pyrrole nitrogens is 1. The van der Waals surface area contributed by atoms with Gasteiger partial charge in [-0.15, -0.1) is 0 Å². The summed E-state index contributed by atoms with van der Waals surface area (Å²) in [5, 5.41) is 14.3. The lowest BCUT2D eigenvalue weighted by Crippen LogP contribution is -2.69. The van der Waals surface area contributed by atoms with Crippen LogP contribution in [0.3, 0.4) is 0 Å². The number of benzene rings is 2. The lowest BCUT2D eigenvalue weighted by atomic mass is 9.88. The van der Waals surface area contributed by atoms with Gasteiger partial charge in [0, 0.05) is 49.3 Å². The molecule has 3 aliphatic heterocycles. The lowest BCUT2D eigenvalue weighted by Gasteiger charge is -2.52. The Kier molecular flexibility index (Phi) is 5.17. The van der Waals surface area contributed by atoms with E-state index in [2.05, 4.69) is 42.8 Å². The van der Waals surface area contributed by atoms with Gasteiger partial charge in [-0.2, -0.15) is 5.10 Å². The summed E-state index contributed by atoms with van der Waals surface area (Å²) in [5.74, 6) is 0.495. The Bertz CT molecular complexity index is 1090. The molecule has 3 saturated heterocycles. The van der Waals surface area contributed by atoms with Crippen LogP contribution in [-0.4, -0.2) is 77.3 Å². The van der Waals surface area contributed by atoms with Gasteiger partial charge in [-0.3, -0.25) is 19.7 Å². The Labute approximate surface area is 188 Å². The SMILES string of the molecule is O=C(Nc1ccc(C2CCN(C3CN(C4CNC4)C3)CC2)cc1)c1cccc2cn[nH]c12. The standard InChI is InChI=1S/C25H30N6O/c32-25(23-3-1-2-19-12-27-29-24(19)23)28-20-6-4-17(5-7-20)18-8-10-30(11-9-18)22-15-31(16-22)21-13-26-14-21/h1-7,12,18,21-22,26H,8-11,13-16H2,(H,27,29)(H,28,32). The van der Waals surface area contributed by atoms with Crippen LogP contribution in [0.15, 0.2) is 48.7 Å². The number of aromatic nitrogens is 2. The number of nitrogens with zero attached hydrogens (tertiary/aromatic N) is 3. The molecular weight excluding hydrogens is 400 g/mol. The molecule has 2 aromatic carbocycles. The first-order valence-corrected chi connectivity index (χ1v) is 11.8. The highest BCUT2D eigenvalue weighted by Gasteiger charge is 2.38. The summed E-state index contributed by atoms with van der Waals surface area (Å²) in [7, 11) is 0. The molecule has 0 bridgehead atoms. The second-order valence-corrected chi connectivity index (χ2v) is 9.45. The van der Waals surface area contributed by atoms with Crippen molar-refractivity contribution < 1.29 is 4.79 Å². The van der Waals surface area contributed by atoms with Gasteiger partial charge in [0.25, 0.3) is 5.91 Å². The topological polar surface area (TPSA) is 76.3 Å². The van der Waals surface area contributed by atoms with Crippen LogP contribution in [0.1, 0.15) is 34.7 Å². The summed E-state index contributed by atoms with van der Waals surface area (Å²) in [6.45, 7) is 7.22. The first kappa shape index (κ1) is 19.9. The third-order valence-electron chi connectivity index (χ3n) is 7.57. The Morgan fingerprint density at radius 1 is 0.969 bits per heavy atom. The van der Waals surface area contributed by atoms with Crippen LogP contribution in [0.25, 0.3) is 10.9 Å². The van der Waals surface area contributed by atoms with Crippen molar-refractivity contribution in [2.24, 2.45) is 0 Å². The molecule has 1 amide bonds. The molecule has 3 N–H and O–H groups in total. The molecule has 0 atom stereocenters. The van der Waals surface area contributed by atoms with Gasteiger partial charge >= 0.3 is 0 Å². The average Bonchev–Trinajstić information content (AvgIpc) is 3.24. The van der Waals surface area contributed by atoms with Crippen LogP contribution >= 0.6 is 0 Å². The van der Waals surface area contributed by atoms with Crippen molar-refractivity contribution in [1.82, 2.24) is 25.3 Å². The Balaban J connectivity index is 1.03. The van der Waals surface area contributed by atoms with Crippen LogP contribution in [0, 0.1) is 0 Å². The number of para-hydroxylation sites is 1. The monoisotopic (exact) mass is 430 g/mol. The predicted octanol–water partition coefficient (Wildman–Crippen LogP) is 2.65. The number of piperidine rings is 1. The van der Waals surface area contributed by atoms with E-state index in [9.17, 15) is 4.79 Å². The van der Waals surface area contributed by atoms with Gasteiger partial charge in [-0.25, -0.2) is 0 Å². The number of amides is 1. The Morgan fingerprint density at radius 3 is 2.47 bits per heavy atom. The molecule has 166 valence electrons. The molecule has 0 saturated carbocycles. The van der Waals surface area contributed by atoms with E-state index < -0.39 is 0 Å². The second kappa shape index (κ2) is 8.31. The zero-order valence-corrected chi connectivity index (χ0v) is 18.3. The minimum absolute atomic E-state index is 0.117. The van der Waals surface area contributed by atoms with Gasteiger partial charge in [0.15, 0.2) is 0 Å². The molecule has 7 nitrogen and oxygen atoms in total. The van der Waals surface area contributed by atoms with Crippen LogP contribution in [-0.2, 0) is 0 Å². The number of hydrogen-bond acceptors (Lipinski definition) is 5. The maximum absolute atomic E-state index is 12.8. The summed E-state index contributed by atoms with van der Waals surface area (Å²) in [6, 6.07) is 15.6. The number of hydrogen-bond donors (Lipinski definition) is 3. The zero-order chi connectivity index (χ0) is 21.5. The fourth-order valence-electron chi connectivity index (χ4n) is 5.34. The second-order valence-electron chi connectivity index (χ2n) is 9.45. The summed E-state index contributed by atoms with van der Waals surface area (Å²) in [6.07, 6.45) is 4.17. The zero-order valence-electron chi connectivity index (χ0n) is 18.3. The summed E-state index contributed by atoms with van der Waals surface area (Å²) in [4.78, 5) is 18.1. The molecule has 3 fully saturated rings. The number of rotatable bonds is 5. The van der Waals surface area contributed by atoms with Crippen LogP contribution in [0.4, 0.5) is 5.69 Å². The molecule has 32 heavy (non-hydrogen) atoms. The van der Waals surface area contributed by atoms with Gasteiger partial charge in [0.1, 0.15) is 0 Å². The number of fused-ring (bicyclic) bond motifs is 1. The van der Waals surface area contributed by atoms with Crippen molar-refractivity contribution in [2.45, 2.75) is 30.8 Å². The van der Waals surface area contributed by atoms with E-state index in [-0.39, 0.29) is 5.91 Å². The molecule has 6 rings (SSSR count). The minimum Gasteiger partial charge on any atom is -0.322 e. The van der Waals surface area contributed by atoms with E-state index in [1.165, 1.54) is 57.7 Å². The predicted molar refractivity (Wildman–Crippen MR) is 126 cm³/mol. The number of aromatic amines is 1. The lowest BCUT2D eigenvalue weighted by molar-refractivity contribution is -0.0187. The quantitative estimate of drug-likeness (QED) is 0.580. The van der Waals surface area contributed by atoms with E-state index in [0.29, 0.717) is 11.5 Å². The fourth-order valence-corrected chi connectivity index (χ4v) is 5.34. The fraction of sp³-hybridized carbons (Fsp3) is 0.440. The largest absolute Gasteiger partial charge is 0.322 e. The number of anilines is 1. The van der Waals surface area contributed by atoms with Crippen LogP contribution in [0.5, 0.6) is 0 Å². The number of carbonyl (C=O) groups excluding carboxylic acids is 1. The average molecular weight is 431 g/mol. The molecule has 0 spiro atoms. The molecule has 0 radical (unpaired) electrons. The third-order valence-corrected chi connectivity index (χ3v) is 7.57. The van der Waals surface area contributed by atoms with E-state index in [0.717, 1.165) is 28.7 Å². The minimum atomic E-state index is -0.117. The van der Waals surface area contributed by atoms with Crippen molar-refractivity contribution in [3.8, 4) is 0 Å². The number of nitrogens with one attached hydrogen (secondary N) is 3. The first-order chi connectivity index (χ1) is 15.7. The number of carbonyl (C=O) groups is 1. The van der Waals surface area contributed by atoms with E-state index in [1.807, 2.05) is 30.3 Å². The molecule has 4 heterocycles. The van der Waals surface area contributed by atoms with Gasteiger partial charge in [0.05, 0.1) is 17.3 Å². The molecule has 7 heteroatoms. The summed E-state index contributed by atoms with van der Waals surface area (Å²) in [5.41, 5.74) is 3.59. The summed E-state index contributed by atoms with van der Waals surface area (Å²) >= 11 is 0. The van der Waals surface area contributed by atoms with Gasteiger partial charge < -0.3 is 10.6 Å². The Hall–Kier alpha value is -2.74. The van der Waals surface area contributed by atoms with Gasteiger partial charge in [-0.05, 0) is 55.6 Å². The first-order valence-electron chi connectivity index (χ1n) is 11.8. The van der Waals surface area contributed by atoms with Crippen molar-refractivity contribution in [2.75, 3.05) is 44.6 Å². The van der Waals surface area contributed by atoms with E-state index >= 15 is 0 Å². The van der Waals surface area contributed by atoms with Crippen molar-refractivity contribution in [3.05, 3.63) is 59.8 Å². The third kappa shape index (κ3) is 3.70. The molecule has 0 unspecified atom stereocenters. The van der Waals surface area contributed by atoms with Gasteiger partial charge in [0.2, 0.25) is 0 Å². The molecular formula is C25H30N6O.